The highest BCUT2D eigenvalue weighted by molar-refractivity contribution is 5.49. The quantitative estimate of drug-likeness (QED) is 0.931. The zero-order valence-corrected chi connectivity index (χ0v) is 11.7. The molecule has 4 heteroatoms. The lowest BCUT2D eigenvalue weighted by Crippen LogP contribution is -2.04. The minimum Gasteiger partial charge on any atom is -0.493 e. The lowest BCUT2D eigenvalue weighted by atomic mass is 9.97. The van der Waals surface area contributed by atoms with Gasteiger partial charge >= 0.3 is 0 Å². The van der Waals surface area contributed by atoms with Gasteiger partial charge in [-0.1, -0.05) is 12.1 Å². The van der Waals surface area contributed by atoms with Crippen LogP contribution in [-0.2, 0) is 0 Å². The molecule has 0 amide bonds. The van der Waals surface area contributed by atoms with E-state index in [1.54, 1.807) is 31.4 Å². The van der Waals surface area contributed by atoms with Gasteiger partial charge in [0.2, 0.25) is 0 Å². The molecule has 1 N–H and O–H groups in total. The Morgan fingerprint density at radius 1 is 1.05 bits per heavy atom. The molecule has 3 nitrogen and oxygen atoms in total. The summed E-state index contributed by atoms with van der Waals surface area (Å²) >= 11 is 0. The van der Waals surface area contributed by atoms with Gasteiger partial charge < -0.3 is 14.6 Å². The van der Waals surface area contributed by atoms with Gasteiger partial charge in [0.15, 0.2) is 11.5 Å². The van der Waals surface area contributed by atoms with Crippen LogP contribution in [0.25, 0.3) is 0 Å². The summed E-state index contributed by atoms with van der Waals surface area (Å²) in [6, 6.07) is 9.42. The molecule has 0 aromatic heterocycles. The monoisotopic (exact) mass is 276 g/mol. The molecule has 0 fully saturated rings. The van der Waals surface area contributed by atoms with Crippen LogP contribution in [0.2, 0.25) is 0 Å². The molecule has 0 saturated heterocycles. The van der Waals surface area contributed by atoms with Crippen LogP contribution in [-0.4, -0.2) is 19.3 Å². The Morgan fingerprint density at radius 2 is 1.70 bits per heavy atom. The Labute approximate surface area is 117 Å². The molecule has 0 aliphatic heterocycles. The zero-order valence-electron chi connectivity index (χ0n) is 11.7. The van der Waals surface area contributed by atoms with Crippen LogP contribution in [0.5, 0.6) is 11.5 Å². The SMILES string of the molecule is COc1cc(C)c(C(O)c2cccc(F)c2)cc1OC. The van der Waals surface area contributed by atoms with Crippen molar-refractivity contribution in [1.29, 1.82) is 0 Å². The summed E-state index contributed by atoms with van der Waals surface area (Å²) in [4.78, 5) is 0. The number of methoxy groups -OCH3 is 2. The average molecular weight is 276 g/mol. The highest BCUT2D eigenvalue weighted by atomic mass is 19.1. The molecular formula is C16H17FO3. The Kier molecular flexibility index (Phi) is 4.25. The Balaban J connectivity index is 2.46. The van der Waals surface area contributed by atoms with E-state index < -0.39 is 6.10 Å². The standard InChI is InChI=1S/C16H17FO3/c1-10-7-14(19-2)15(20-3)9-13(10)16(18)11-5-4-6-12(17)8-11/h4-9,16,18H,1-3H3. The first-order chi connectivity index (χ1) is 9.56. The number of aliphatic hydroxyl groups is 1. The maximum atomic E-state index is 13.3. The van der Waals surface area contributed by atoms with E-state index in [0.717, 1.165) is 5.56 Å². The minimum atomic E-state index is -0.912. The van der Waals surface area contributed by atoms with Crippen molar-refractivity contribution in [3.05, 3.63) is 58.9 Å². The van der Waals surface area contributed by atoms with E-state index in [1.165, 1.54) is 19.2 Å². The maximum absolute atomic E-state index is 13.3. The number of halogens is 1. The normalized spacial score (nSPS) is 12.1. The fourth-order valence-electron chi connectivity index (χ4n) is 2.15. The first-order valence-electron chi connectivity index (χ1n) is 6.23. The lowest BCUT2D eigenvalue weighted by molar-refractivity contribution is 0.218. The van der Waals surface area contributed by atoms with Crippen LogP contribution < -0.4 is 9.47 Å². The molecule has 2 aromatic carbocycles. The number of hydrogen-bond acceptors (Lipinski definition) is 3. The first-order valence-corrected chi connectivity index (χ1v) is 6.23. The van der Waals surface area contributed by atoms with Crippen molar-refractivity contribution in [2.24, 2.45) is 0 Å². The van der Waals surface area contributed by atoms with E-state index in [2.05, 4.69) is 0 Å². The molecule has 0 spiro atoms. The van der Waals surface area contributed by atoms with Gasteiger partial charge in [0, 0.05) is 0 Å². The van der Waals surface area contributed by atoms with E-state index in [0.29, 0.717) is 22.6 Å². The Hall–Kier alpha value is -2.07. The van der Waals surface area contributed by atoms with Gasteiger partial charge in [-0.2, -0.15) is 0 Å². The third kappa shape index (κ3) is 2.75. The fraction of sp³-hybridized carbons (Fsp3) is 0.250. The van der Waals surface area contributed by atoms with Gasteiger partial charge in [-0.3, -0.25) is 0 Å². The van der Waals surface area contributed by atoms with Gasteiger partial charge in [-0.05, 0) is 47.9 Å². The van der Waals surface area contributed by atoms with E-state index in [-0.39, 0.29) is 5.82 Å². The van der Waals surface area contributed by atoms with Crippen LogP contribution in [0.15, 0.2) is 36.4 Å². The smallest absolute Gasteiger partial charge is 0.161 e. The molecule has 1 unspecified atom stereocenters. The number of rotatable bonds is 4. The second kappa shape index (κ2) is 5.92. The maximum Gasteiger partial charge on any atom is 0.161 e. The van der Waals surface area contributed by atoms with Gasteiger partial charge in [-0.25, -0.2) is 4.39 Å². The van der Waals surface area contributed by atoms with Crippen LogP contribution in [0.3, 0.4) is 0 Å². The van der Waals surface area contributed by atoms with Crippen molar-refractivity contribution in [3.63, 3.8) is 0 Å². The van der Waals surface area contributed by atoms with Crippen molar-refractivity contribution in [2.45, 2.75) is 13.0 Å². The molecule has 0 bridgehead atoms. The number of benzene rings is 2. The summed E-state index contributed by atoms with van der Waals surface area (Å²) in [6.07, 6.45) is -0.912. The zero-order chi connectivity index (χ0) is 14.7. The van der Waals surface area contributed by atoms with Gasteiger partial charge in [0.1, 0.15) is 11.9 Å². The van der Waals surface area contributed by atoms with Crippen molar-refractivity contribution in [3.8, 4) is 11.5 Å². The highest BCUT2D eigenvalue weighted by Gasteiger charge is 2.17. The summed E-state index contributed by atoms with van der Waals surface area (Å²) < 4.78 is 23.7. The largest absolute Gasteiger partial charge is 0.493 e. The summed E-state index contributed by atoms with van der Waals surface area (Å²) in [5.41, 5.74) is 2.01. The minimum absolute atomic E-state index is 0.375. The molecule has 2 rings (SSSR count). The lowest BCUT2D eigenvalue weighted by Gasteiger charge is -2.17. The second-order valence-corrected chi connectivity index (χ2v) is 4.52. The van der Waals surface area contributed by atoms with E-state index in [1.807, 2.05) is 6.92 Å². The third-order valence-corrected chi connectivity index (χ3v) is 3.23. The summed E-state index contributed by atoms with van der Waals surface area (Å²) in [6.45, 7) is 1.86. The van der Waals surface area contributed by atoms with Crippen LogP contribution >= 0.6 is 0 Å². The molecular weight excluding hydrogens is 259 g/mol. The topological polar surface area (TPSA) is 38.7 Å². The van der Waals surface area contributed by atoms with Gasteiger partial charge in [0.25, 0.3) is 0 Å². The number of aliphatic hydroxyl groups excluding tert-OH is 1. The van der Waals surface area contributed by atoms with E-state index >= 15 is 0 Å². The predicted molar refractivity (Wildman–Crippen MR) is 74.7 cm³/mol. The Morgan fingerprint density at radius 3 is 2.30 bits per heavy atom. The highest BCUT2D eigenvalue weighted by Crippen LogP contribution is 2.35. The molecule has 0 aliphatic carbocycles. The third-order valence-electron chi connectivity index (χ3n) is 3.23. The number of ether oxygens (including phenoxy) is 2. The van der Waals surface area contributed by atoms with Gasteiger partial charge in [-0.15, -0.1) is 0 Å². The van der Waals surface area contributed by atoms with E-state index in [4.69, 9.17) is 9.47 Å². The van der Waals surface area contributed by atoms with Crippen LogP contribution in [0, 0.1) is 12.7 Å². The number of hydrogen-bond donors (Lipinski definition) is 1. The molecule has 1 atom stereocenters. The Bertz CT molecular complexity index is 611. The van der Waals surface area contributed by atoms with Crippen molar-refractivity contribution < 1.29 is 19.0 Å². The summed E-state index contributed by atoms with van der Waals surface area (Å²) in [5.74, 6) is 0.753. The fourth-order valence-corrected chi connectivity index (χ4v) is 2.15. The van der Waals surface area contributed by atoms with Crippen molar-refractivity contribution in [1.82, 2.24) is 0 Å². The molecule has 0 heterocycles. The molecule has 20 heavy (non-hydrogen) atoms. The van der Waals surface area contributed by atoms with E-state index in [9.17, 15) is 9.50 Å². The summed E-state index contributed by atoms with van der Waals surface area (Å²) in [7, 11) is 3.09. The number of aryl methyl sites for hydroxylation is 1. The molecule has 0 saturated carbocycles. The summed E-state index contributed by atoms with van der Waals surface area (Å²) in [5, 5.41) is 10.4. The second-order valence-electron chi connectivity index (χ2n) is 4.52. The van der Waals surface area contributed by atoms with Crippen LogP contribution in [0.1, 0.15) is 22.8 Å². The molecule has 106 valence electrons. The van der Waals surface area contributed by atoms with Crippen LogP contribution in [0.4, 0.5) is 4.39 Å². The predicted octanol–water partition coefficient (Wildman–Crippen LogP) is 3.23. The molecule has 0 radical (unpaired) electrons. The molecule has 2 aromatic rings. The van der Waals surface area contributed by atoms with Crippen molar-refractivity contribution >= 4 is 0 Å². The first kappa shape index (κ1) is 14.3. The van der Waals surface area contributed by atoms with Crippen molar-refractivity contribution in [2.75, 3.05) is 14.2 Å². The van der Waals surface area contributed by atoms with Gasteiger partial charge in [0.05, 0.1) is 14.2 Å². The average Bonchev–Trinajstić information content (AvgIpc) is 2.46. The molecule has 0 aliphatic rings.